The quantitative estimate of drug-likeness (QED) is 0.0469. The maximum Gasteiger partial charge on any atom is 0.220 e. The SMILES string of the molecule is CCCCCCCCCCCCCCCC(=O)NCc1ccc(C2OC(CN(C)Cc3c4ccccc4cc4ccccc34)C(c3ccccc3)C(c3ccc(CO)cc3)O2)cc1. The second-order valence-corrected chi connectivity index (χ2v) is 17.9. The minimum Gasteiger partial charge on any atom is -0.392 e. The molecule has 4 unspecified atom stereocenters. The van der Waals surface area contributed by atoms with Crippen molar-refractivity contribution in [2.24, 2.45) is 0 Å². The highest BCUT2D eigenvalue weighted by Gasteiger charge is 2.42. The van der Waals surface area contributed by atoms with Gasteiger partial charge in [0.15, 0.2) is 6.29 Å². The minimum absolute atomic E-state index is 0.0117. The van der Waals surface area contributed by atoms with E-state index in [-0.39, 0.29) is 30.6 Å². The molecule has 63 heavy (non-hydrogen) atoms. The van der Waals surface area contributed by atoms with Gasteiger partial charge < -0.3 is 19.9 Å². The molecule has 6 aromatic rings. The van der Waals surface area contributed by atoms with Gasteiger partial charge in [-0.15, -0.1) is 0 Å². The van der Waals surface area contributed by atoms with Crippen molar-refractivity contribution >= 4 is 27.5 Å². The summed E-state index contributed by atoms with van der Waals surface area (Å²) in [6.45, 7) is 4.19. The number of hydrogen-bond donors (Lipinski definition) is 2. The highest BCUT2D eigenvalue weighted by Crippen LogP contribution is 2.47. The highest BCUT2D eigenvalue weighted by atomic mass is 16.7. The zero-order valence-corrected chi connectivity index (χ0v) is 37.9. The topological polar surface area (TPSA) is 71.0 Å². The Kier molecular flexibility index (Phi) is 17.8. The molecule has 0 saturated carbocycles. The van der Waals surface area contributed by atoms with Crippen molar-refractivity contribution in [1.29, 1.82) is 0 Å². The van der Waals surface area contributed by atoms with Crippen molar-refractivity contribution in [3.8, 4) is 0 Å². The Morgan fingerprint density at radius 1 is 0.603 bits per heavy atom. The fourth-order valence-corrected chi connectivity index (χ4v) is 9.47. The Balaban J connectivity index is 1.000. The normalized spacial score (nSPS) is 17.7. The third-order valence-electron chi connectivity index (χ3n) is 13.0. The lowest BCUT2D eigenvalue weighted by Crippen LogP contribution is -2.43. The summed E-state index contributed by atoms with van der Waals surface area (Å²) in [5, 5.41) is 18.1. The summed E-state index contributed by atoms with van der Waals surface area (Å²) in [5.74, 6) is 0.0186. The molecule has 1 heterocycles. The number of benzene rings is 6. The molecule has 0 bridgehead atoms. The molecular formula is C57H70N2O4. The largest absolute Gasteiger partial charge is 0.392 e. The molecule has 4 atom stereocenters. The summed E-state index contributed by atoms with van der Waals surface area (Å²) >= 11 is 0. The number of hydrogen-bond acceptors (Lipinski definition) is 5. The molecule has 7 rings (SSSR count). The highest BCUT2D eigenvalue weighted by molar-refractivity contribution is 6.02. The first kappa shape index (κ1) is 46.2. The maximum atomic E-state index is 12.8. The minimum atomic E-state index is -0.608. The van der Waals surface area contributed by atoms with E-state index in [0.29, 0.717) is 19.5 Å². The van der Waals surface area contributed by atoms with E-state index in [1.807, 2.05) is 12.1 Å². The molecular weight excluding hydrogens is 777 g/mol. The Hall–Kier alpha value is -4.85. The molecule has 6 aromatic carbocycles. The van der Waals surface area contributed by atoms with Crippen LogP contribution in [0.5, 0.6) is 0 Å². The van der Waals surface area contributed by atoms with Crippen molar-refractivity contribution in [2.45, 2.75) is 141 Å². The smallest absolute Gasteiger partial charge is 0.220 e. The fraction of sp³-hybridized carbons (Fsp3) is 0.421. The van der Waals surface area contributed by atoms with Crippen LogP contribution in [-0.4, -0.2) is 35.6 Å². The van der Waals surface area contributed by atoms with Crippen LogP contribution in [0.3, 0.4) is 0 Å². The number of aliphatic hydroxyl groups is 1. The van der Waals surface area contributed by atoms with Crippen molar-refractivity contribution in [2.75, 3.05) is 13.6 Å². The third kappa shape index (κ3) is 13.1. The van der Waals surface area contributed by atoms with Gasteiger partial charge in [-0.05, 0) is 68.9 Å². The number of carbonyl (C=O) groups is 1. The lowest BCUT2D eigenvalue weighted by molar-refractivity contribution is -0.263. The van der Waals surface area contributed by atoms with E-state index >= 15 is 0 Å². The summed E-state index contributed by atoms with van der Waals surface area (Å²) in [6.07, 6.45) is 16.3. The Morgan fingerprint density at radius 2 is 1.14 bits per heavy atom. The summed E-state index contributed by atoms with van der Waals surface area (Å²) in [7, 11) is 2.19. The van der Waals surface area contributed by atoms with E-state index in [9.17, 15) is 9.90 Å². The zero-order valence-electron chi connectivity index (χ0n) is 37.9. The van der Waals surface area contributed by atoms with Gasteiger partial charge in [0.05, 0.1) is 18.8 Å². The van der Waals surface area contributed by atoms with Gasteiger partial charge in [0.1, 0.15) is 0 Å². The molecule has 0 spiro atoms. The molecule has 1 fully saturated rings. The number of ether oxygens (including phenoxy) is 2. The van der Waals surface area contributed by atoms with Crippen molar-refractivity contribution in [1.82, 2.24) is 10.2 Å². The molecule has 2 N–H and O–H groups in total. The fourth-order valence-electron chi connectivity index (χ4n) is 9.47. The summed E-state index contributed by atoms with van der Waals surface area (Å²) in [4.78, 5) is 15.2. The van der Waals surface area contributed by atoms with Gasteiger partial charge in [-0.25, -0.2) is 0 Å². The molecule has 0 aliphatic carbocycles. The number of amides is 1. The molecule has 332 valence electrons. The van der Waals surface area contributed by atoms with Crippen LogP contribution in [0, 0.1) is 0 Å². The first-order valence-corrected chi connectivity index (χ1v) is 24.0. The number of nitrogens with one attached hydrogen (secondary N) is 1. The molecule has 0 radical (unpaired) electrons. The van der Waals surface area contributed by atoms with E-state index in [0.717, 1.165) is 47.2 Å². The summed E-state index contributed by atoms with van der Waals surface area (Å²) in [5.41, 5.74) is 6.37. The van der Waals surface area contributed by atoms with Crippen LogP contribution in [0.2, 0.25) is 0 Å². The Bertz CT molecular complexity index is 2220. The van der Waals surface area contributed by atoms with Gasteiger partial charge in [-0.2, -0.15) is 0 Å². The zero-order chi connectivity index (χ0) is 43.6. The Morgan fingerprint density at radius 3 is 1.75 bits per heavy atom. The average Bonchev–Trinajstić information content (AvgIpc) is 3.32. The average molecular weight is 847 g/mol. The van der Waals surface area contributed by atoms with Crippen LogP contribution in [0.4, 0.5) is 0 Å². The van der Waals surface area contributed by atoms with Gasteiger partial charge in [0, 0.05) is 37.5 Å². The van der Waals surface area contributed by atoms with Crippen LogP contribution in [-0.2, 0) is 34.0 Å². The monoisotopic (exact) mass is 847 g/mol. The van der Waals surface area contributed by atoms with Gasteiger partial charge in [-0.3, -0.25) is 9.69 Å². The standard InChI is InChI=1S/C57H70N2O4/c1-3-4-5-6-7-8-9-10-11-12-13-14-18-29-54(61)58-39-43-30-36-47(37-31-43)57-62-53(55(45-23-16-15-17-24-45)56(63-57)46-34-32-44(42-60)33-35-46)41-59(2)40-52-50-27-21-19-25-48(50)38-49-26-20-22-28-51(49)52/h15-17,19-28,30-38,53,55-57,60H,3-14,18,29,39-42H2,1-2H3,(H,58,61). The van der Waals surface area contributed by atoms with Crippen molar-refractivity contribution < 1.29 is 19.4 Å². The van der Waals surface area contributed by atoms with E-state index < -0.39 is 6.29 Å². The van der Waals surface area contributed by atoms with Crippen LogP contribution in [0.1, 0.15) is 149 Å². The van der Waals surface area contributed by atoms with E-state index in [2.05, 4.69) is 146 Å². The first-order valence-electron chi connectivity index (χ1n) is 24.0. The van der Waals surface area contributed by atoms with E-state index in [1.54, 1.807) is 0 Å². The molecule has 1 aliphatic heterocycles. The number of likely N-dealkylation sites (N-methyl/N-ethyl adjacent to an activating group) is 1. The van der Waals surface area contributed by atoms with Gasteiger partial charge in [-0.1, -0.05) is 211 Å². The molecule has 1 amide bonds. The van der Waals surface area contributed by atoms with Crippen LogP contribution in [0.15, 0.2) is 133 Å². The van der Waals surface area contributed by atoms with Gasteiger partial charge in [0.25, 0.3) is 0 Å². The lowest BCUT2D eigenvalue weighted by Gasteiger charge is -2.44. The second kappa shape index (κ2) is 24.3. The predicted octanol–water partition coefficient (Wildman–Crippen LogP) is 13.7. The van der Waals surface area contributed by atoms with Crippen molar-refractivity contribution in [3.63, 3.8) is 0 Å². The maximum absolute atomic E-state index is 12.8. The van der Waals surface area contributed by atoms with Crippen LogP contribution in [0.25, 0.3) is 21.5 Å². The van der Waals surface area contributed by atoms with E-state index in [1.165, 1.54) is 97.7 Å². The summed E-state index contributed by atoms with van der Waals surface area (Å²) < 4.78 is 14.1. The van der Waals surface area contributed by atoms with Crippen LogP contribution >= 0.6 is 0 Å². The number of nitrogens with zero attached hydrogens (tertiary/aromatic N) is 1. The summed E-state index contributed by atoms with van der Waals surface area (Å²) in [6, 6.07) is 46.7. The Labute approximate surface area is 377 Å². The van der Waals surface area contributed by atoms with Gasteiger partial charge in [0.2, 0.25) is 5.91 Å². The predicted molar refractivity (Wildman–Crippen MR) is 259 cm³/mol. The third-order valence-corrected chi connectivity index (χ3v) is 13.0. The van der Waals surface area contributed by atoms with Crippen LogP contribution < -0.4 is 5.32 Å². The van der Waals surface area contributed by atoms with Crippen molar-refractivity contribution in [3.05, 3.63) is 167 Å². The number of carbonyl (C=O) groups excluding carboxylic acids is 1. The lowest BCUT2D eigenvalue weighted by atomic mass is 9.83. The van der Waals surface area contributed by atoms with Gasteiger partial charge >= 0.3 is 0 Å². The second-order valence-electron chi connectivity index (χ2n) is 17.9. The number of fused-ring (bicyclic) bond motifs is 2. The molecule has 1 saturated heterocycles. The number of unbranched alkanes of at least 4 members (excludes halogenated alkanes) is 12. The molecule has 6 nitrogen and oxygen atoms in total. The molecule has 6 heteroatoms. The molecule has 1 aliphatic rings. The van der Waals surface area contributed by atoms with E-state index in [4.69, 9.17) is 9.47 Å². The molecule has 0 aromatic heterocycles. The number of aliphatic hydroxyl groups excluding tert-OH is 1. The first-order chi connectivity index (χ1) is 31.0. The number of rotatable bonds is 24.